The Bertz CT molecular complexity index is 972. The highest BCUT2D eigenvalue weighted by molar-refractivity contribution is 5.88. The van der Waals surface area contributed by atoms with Gasteiger partial charge < -0.3 is 19.9 Å². The van der Waals surface area contributed by atoms with Crippen molar-refractivity contribution in [1.29, 1.82) is 0 Å². The van der Waals surface area contributed by atoms with E-state index in [0.717, 1.165) is 31.4 Å². The zero-order valence-corrected chi connectivity index (χ0v) is 13.7. The van der Waals surface area contributed by atoms with Crippen molar-refractivity contribution in [3.05, 3.63) is 58.3 Å². The van der Waals surface area contributed by atoms with Gasteiger partial charge in [-0.25, -0.2) is 0 Å². The third-order valence-electron chi connectivity index (χ3n) is 4.73. The summed E-state index contributed by atoms with van der Waals surface area (Å²) in [5.74, 6) is 0.154. The van der Waals surface area contributed by atoms with E-state index >= 15 is 0 Å². The summed E-state index contributed by atoms with van der Waals surface area (Å²) in [6, 6.07) is 11.9. The molecule has 1 unspecified atom stereocenters. The van der Waals surface area contributed by atoms with Crippen LogP contribution in [0.15, 0.2) is 51.7 Å². The molecule has 4 rings (SSSR count). The highest BCUT2D eigenvalue weighted by atomic mass is 16.3. The summed E-state index contributed by atoms with van der Waals surface area (Å²) >= 11 is 0. The first kappa shape index (κ1) is 15.7. The molecule has 0 amide bonds. The monoisotopic (exact) mass is 337 g/mol. The van der Waals surface area contributed by atoms with Gasteiger partial charge in [-0.1, -0.05) is 36.8 Å². The molecule has 2 aromatic carbocycles. The Kier molecular flexibility index (Phi) is 3.93. The SMILES string of the molecule is O=c1cc(-c2ccccc2)oc2cc(O)c(C3CCCCN3)c(O)c12. The number of aromatic hydroxyl groups is 2. The largest absolute Gasteiger partial charge is 0.507 e. The molecular formula is C20H19NO4. The second-order valence-corrected chi connectivity index (χ2v) is 6.37. The fraction of sp³-hybridized carbons (Fsp3) is 0.250. The normalized spacial score (nSPS) is 17.7. The number of phenolic OH excluding ortho intramolecular Hbond substituents is 2. The van der Waals surface area contributed by atoms with Crippen LogP contribution in [0.25, 0.3) is 22.3 Å². The minimum absolute atomic E-state index is 0.0576. The van der Waals surface area contributed by atoms with E-state index in [0.29, 0.717) is 11.3 Å². The fourth-order valence-electron chi connectivity index (χ4n) is 3.49. The molecule has 0 bridgehead atoms. The van der Waals surface area contributed by atoms with Crippen LogP contribution in [0, 0.1) is 0 Å². The lowest BCUT2D eigenvalue weighted by molar-refractivity contribution is 0.372. The summed E-state index contributed by atoms with van der Waals surface area (Å²) < 4.78 is 5.79. The van der Waals surface area contributed by atoms with Crippen molar-refractivity contribution >= 4 is 11.0 Å². The van der Waals surface area contributed by atoms with Crippen LogP contribution in [-0.4, -0.2) is 16.8 Å². The summed E-state index contributed by atoms with van der Waals surface area (Å²) in [5.41, 5.74) is 1.00. The lowest BCUT2D eigenvalue weighted by Gasteiger charge is -2.25. The van der Waals surface area contributed by atoms with E-state index in [9.17, 15) is 15.0 Å². The summed E-state index contributed by atoms with van der Waals surface area (Å²) in [5, 5.41) is 24.5. The van der Waals surface area contributed by atoms with Crippen LogP contribution in [0.1, 0.15) is 30.9 Å². The molecule has 3 N–H and O–H groups in total. The number of phenols is 2. The molecule has 5 heteroatoms. The Hall–Kier alpha value is -2.79. The Morgan fingerprint density at radius 3 is 2.60 bits per heavy atom. The summed E-state index contributed by atoms with van der Waals surface area (Å²) in [6.45, 7) is 0.823. The zero-order chi connectivity index (χ0) is 17.4. The lowest BCUT2D eigenvalue weighted by Crippen LogP contribution is -2.27. The van der Waals surface area contributed by atoms with Crippen LogP contribution in [0.3, 0.4) is 0 Å². The predicted molar refractivity (Wildman–Crippen MR) is 95.8 cm³/mol. The zero-order valence-electron chi connectivity index (χ0n) is 13.7. The van der Waals surface area contributed by atoms with Crippen molar-refractivity contribution in [3.8, 4) is 22.8 Å². The highest BCUT2D eigenvalue weighted by Crippen LogP contribution is 2.41. The first-order valence-corrected chi connectivity index (χ1v) is 8.46. The van der Waals surface area contributed by atoms with E-state index in [2.05, 4.69) is 5.32 Å². The molecule has 25 heavy (non-hydrogen) atoms. The van der Waals surface area contributed by atoms with Gasteiger partial charge in [0.05, 0.1) is 5.56 Å². The number of rotatable bonds is 2. The molecule has 0 radical (unpaired) electrons. The van der Waals surface area contributed by atoms with Gasteiger partial charge in [0.25, 0.3) is 0 Å². The number of piperidine rings is 1. The maximum absolute atomic E-state index is 12.6. The Morgan fingerprint density at radius 1 is 1.08 bits per heavy atom. The van der Waals surface area contributed by atoms with Crippen LogP contribution in [-0.2, 0) is 0 Å². The molecule has 1 aliphatic rings. The van der Waals surface area contributed by atoms with Gasteiger partial charge in [-0.15, -0.1) is 0 Å². The standard InChI is InChI=1S/C20H19NO4/c22-14-11-17-19(20(24)18(14)13-8-4-5-9-21-13)15(23)10-16(25-17)12-6-2-1-3-7-12/h1-3,6-7,10-11,13,21-22,24H,4-5,8-9H2. The fourth-order valence-corrected chi connectivity index (χ4v) is 3.49. The van der Waals surface area contributed by atoms with Crippen molar-refractivity contribution in [3.63, 3.8) is 0 Å². The van der Waals surface area contributed by atoms with Gasteiger partial charge in [-0.05, 0) is 19.4 Å². The molecule has 1 atom stereocenters. The number of nitrogens with one attached hydrogen (secondary N) is 1. The molecule has 128 valence electrons. The molecule has 0 saturated carbocycles. The Morgan fingerprint density at radius 2 is 1.88 bits per heavy atom. The maximum atomic E-state index is 12.6. The van der Waals surface area contributed by atoms with Crippen molar-refractivity contribution in [1.82, 2.24) is 5.32 Å². The molecule has 1 saturated heterocycles. The van der Waals surface area contributed by atoms with Crippen molar-refractivity contribution in [2.24, 2.45) is 0 Å². The first-order valence-electron chi connectivity index (χ1n) is 8.46. The predicted octanol–water partition coefficient (Wildman–Crippen LogP) is 3.69. The van der Waals surface area contributed by atoms with Crippen LogP contribution in [0.4, 0.5) is 0 Å². The van der Waals surface area contributed by atoms with Gasteiger partial charge in [0.1, 0.15) is 28.2 Å². The molecule has 1 fully saturated rings. The van der Waals surface area contributed by atoms with Gasteiger partial charge in [0.2, 0.25) is 0 Å². The van der Waals surface area contributed by atoms with Gasteiger partial charge >= 0.3 is 0 Å². The Labute approximate surface area is 144 Å². The van der Waals surface area contributed by atoms with Crippen molar-refractivity contribution in [2.45, 2.75) is 25.3 Å². The van der Waals surface area contributed by atoms with E-state index in [-0.39, 0.29) is 33.9 Å². The van der Waals surface area contributed by atoms with E-state index in [1.54, 1.807) is 0 Å². The van der Waals surface area contributed by atoms with E-state index in [4.69, 9.17) is 4.42 Å². The second-order valence-electron chi connectivity index (χ2n) is 6.37. The van der Waals surface area contributed by atoms with E-state index in [1.165, 1.54) is 12.1 Å². The number of hydrogen-bond acceptors (Lipinski definition) is 5. The average molecular weight is 337 g/mol. The Balaban J connectivity index is 1.90. The number of benzene rings is 2. The third-order valence-corrected chi connectivity index (χ3v) is 4.73. The quantitative estimate of drug-likeness (QED) is 0.664. The molecular weight excluding hydrogens is 318 g/mol. The second kappa shape index (κ2) is 6.26. The summed E-state index contributed by atoms with van der Waals surface area (Å²) in [7, 11) is 0. The van der Waals surface area contributed by atoms with Crippen molar-refractivity contribution in [2.75, 3.05) is 6.54 Å². The number of hydrogen-bond donors (Lipinski definition) is 3. The summed E-state index contributed by atoms with van der Waals surface area (Å²) in [6.07, 6.45) is 2.88. The van der Waals surface area contributed by atoms with Gasteiger partial charge in [0.15, 0.2) is 5.43 Å². The highest BCUT2D eigenvalue weighted by Gasteiger charge is 2.25. The molecule has 0 aliphatic carbocycles. The third kappa shape index (κ3) is 2.76. The van der Waals surface area contributed by atoms with Crippen LogP contribution >= 0.6 is 0 Å². The minimum Gasteiger partial charge on any atom is -0.507 e. The number of fused-ring (bicyclic) bond motifs is 1. The van der Waals surface area contributed by atoms with Crippen LogP contribution in [0.2, 0.25) is 0 Å². The molecule has 3 aromatic rings. The molecule has 2 heterocycles. The van der Waals surface area contributed by atoms with E-state index in [1.807, 2.05) is 30.3 Å². The molecule has 5 nitrogen and oxygen atoms in total. The van der Waals surface area contributed by atoms with Gasteiger partial charge in [-0.3, -0.25) is 4.79 Å². The molecule has 1 aliphatic heterocycles. The smallest absolute Gasteiger partial charge is 0.197 e. The lowest BCUT2D eigenvalue weighted by atomic mass is 9.94. The maximum Gasteiger partial charge on any atom is 0.197 e. The van der Waals surface area contributed by atoms with Crippen molar-refractivity contribution < 1.29 is 14.6 Å². The van der Waals surface area contributed by atoms with Gasteiger partial charge in [-0.2, -0.15) is 0 Å². The first-order chi connectivity index (χ1) is 12.1. The van der Waals surface area contributed by atoms with Gasteiger partial charge in [0, 0.05) is 23.7 Å². The minimum atomic E-state index is -0.324. The molecule has 0 spiro atoms. The van der Waals surface area contributed by atoms with Crippen LogP contribution in [0.5, 0.6) is 11.5 Å². The topological polar surface area (TPSA) is 82.7 Å². The summed E-state index contributed by atoms with van der Waals surface area (Å²) in [4.78, 5) is 12.6. The van der Waals surface area contributed by atoms with Crippen LogP contribution < -0.4 is 10.7 Å². The van der Waals surface area contributed by atoms with E-state index < -0.39 is 0 Å². The molecule has 1 aromatic heterocycles. The average Bonchev–Trinajstić information content (AvgIpc) is 2.62.